The number of rotatable bonds is 4. The van der Waals surface area contributed by atoms with Crippen LogP contribution in [0.4, 0.5) is 11.8 Å². The molecule has 6 rings (SSSR count). The Bertz CT molecular complexity index is 1560. The first-order chi connectivity index (χ1) is 17.1. The largest absolute Gasteiger partial charge is 0.508 e. The van der Waals surface area contributed by atoms with Gasteiger partial charge in [-0.05, 0) is 61.4 Å². The first-order valence-corrected chi connectivity index (χ1v) is 11.8. The first kappa shape index (κ1) is 21.2. The molecule has 8 nitrogen and oxygen atoms in total. The van der Waals surface area contributed by atoms with Gasteiger partial charge in [0.05, 0.1) is 23.1 Å². The number of nitrogens with zero attached hydrogens (tertiary/aromatic N) is 4. The number of aromatic hydroxyl groups is 1. The molecule has 0 fully saturated rings. The molecule has 2 aromatic heterocycles. The van der Waals surface area contributed by atoms with Crippen molar-refractivity contribution in [2.75, 3.05) is 29.9 Å². The monoisotopic (exact) mass is 466 g/mol. The summed E-state index contributed by atoms with van der Waals surface area (Å²) in [5.74, 6) is 3.39. The predicted molar refractivity (Wildman–Crippen MR) is 138 cm³/mol. The van der Waals surface area contributed by atoms with Crippen molar-refractivity contribution in [2.24, 2.45) is 0 Å². The lowest BCUT2D eigenvalue weighted by Crippen LogP contribution is -2.26. The van der Waals surface area contributed by atoms with E-state index in [0.29, 0.717) is 25.5 Å². The van der Waals surface area contributed by atoms with Gasteiger partial charge in [-0.25, -0.2) is 15.0 Å². The molecule has 0 aliphatic carbocycles. The molecule has 1 aliphatic heterocycles. The second-order valence-electron chi connectivity index (χ2n) is 8.74. The molecular weight excluding hydrogens is 440 g/mol. The van der Waals surface area contributed by atoms with Crippen LogP contribution >= 0.6 is 0 Å². The Kier molecular flexibility index (Phi) is 5.13. The maximum absolute atomic E-state index is 9.93. The Hall–Kier alpha value is -4.33. The Labute approximate surface area is 202 Å². The minimum Gasteiger partial charge on any atom is -0.508 e. The number of ether oxygens (including phenoxy) is 1. The summed E-state index contributed by atoms with van der Waals surface area (Å²) in [5, 5.41) is 14.1. The highest BCUT2D eigenvalue weighted by Gasteiger charge is 2.20. The summed E-state index contributed by atoms with van der Waals surface area (Å²) in [6.45, 7) is 6.66. The van der Waals surface area contributed by atoms with Gasteiger partial charge in [-0.3, -0.25) is 0 Å². The van der Waals surface area contributed by atoms with E-state index < -0.39 is 0 Å². The van der Waals surface area contributed by atoms with Crippen molar-refractivity contribution in [1.82, 2.24) is 19.9 Å². The zero-order chi connectivity index (χ0) is 23.9. The fraction of sp³-hybridized carbons (Fsp3) is 0.222. The molecule has 3 aromatic carbocycles. The minimum atomic E-state index is 0.197. The summed E-state index contributed by atoms with van der Waals surface area (Å²) >= 11 is 0. The summed E-state index contributed by atoms with van der Waals surface area (Å²) < 4.78 is 6.10. The van der Waals surface area contributed by atoms with E-state index in [-0.39, 0.29) is 5.75 Å². The maximum atomic E-state index is 9.93. The topological polar surface area (TPSA) is 99.2 Å². The number of phenolic OH excluding ortho intramolecular Hbond substituents is 1. The van der Waals surface area contributed by atoms with Crippen LogP contribution in [0.3, 0.4) is 0 Å². The van der Waals surface area contributed by atoms with Gasteiger partial charge in [-0.15, -0.1) is 0 Å². The fourth-order valence-corrected chi connectivity index (χ4v) is 4.65. The molecule has 0 radical (unpaired) electrons. The van der Waals surface area contributed by atoms with Crippen LogP contribution in [0.1, 0.15) is 18.3 Å². The molecule has 5 aromatic rings. The van der Waals surface area contributed by atoms with Crippen molar-refractivity contribution >= 4 is 33.7 Å². The molecule has 0 atom stereocenters. The fourth-order valence-electron chi connectivity index (χ4n) is 4.65. The van der Waals surface area contributed by atoms with Crippen LogP contribution in [0.15, 0.2) is 54.6 Å². The minimum absolute atomic E-state index is 0.197. The summed E-state index contributed by atoms with van der Waals surface area (Å²) in [4.78, 5) is 19.4. The Morgan fingerprint density at radius 3 is 2.74 bits per heavy atom. The number of hydrogen-bond donors (Lipinski definition) is 3. The van der Waals surface area contributed by atoms with Gasteiger partial charge in [0, 0.05) is 30.1 Å². The van der Waals surface area contributed by atoms with E-state index in [0.717, 1.165) is 62.7 Å². The zero-order valence-corrected chi connectivity index (χ0v) is 19.7. The van der Waals surface area contributed by atoms with Crippen molar-refractivity contribution in [1.29, 1.82) is 0 Å². The lowest BCUT2D eigenvalue weighted by molar-refractivity contribution is 0.331. The van der Waals surface area contributed by atoms with Crippen LogP contribution in [0, 0.1) is 6.92 Å². The summed E-state index contributed by atoms with van der Waals surface area (Å²) in [5.41, 5.74) is 5.99. The normalized spacial score (nSPS) is 13.5. The van der Waals surface area contributed by atoms with E-state index in [9.17, 15) is 5.11 Å². The predicted octanol–water partition coefficient (Wildman–Crippen LogP) is 5.02. The summed E-state index contributed by atoms with van der Waals surface area (Å²) in [6, 6.07) is 17.9. The van der Waals surface area contributed by atoms with Crippen LogP contribution in [0.2, 0.25) is 0 Å². The van der Waals surface area contributed by atoms with Gasteiger partial charge in [0.1, 0.15) is 29.7 Å². The van der Waals surface area contributed by atoms with Crippen molar-refractivity contribution in [2.45, 2.75) is 20.4 Å². The molecule has 3 heterocycles. The zero-order valence-electron chi connectivity index (χ0n) is 19.7. The number of imidazole rings is 1. The molecular formula is C27H26N6O2. The molecule has 1 aliphatic rings. The molecule has 0 spiro atoms. The third-order valence-corrected chi connectivity index (χ3v) is 6.27. The Morgan fingerprint density at radius 1 is 1.00 bits per heavy atom. The Morgan fingerprint density at radius 2 is 1.86 bits per heavy atom. The van der Waals surface area contributed by atoms with Gasteiger partial charge in [0.2, 0.25) is 5.95 Å². The third-order valence-electron chi connectivity index (χ3n) is 6.27. The number of nitrogens with one attached hydrogen (secondary N) is 2. The number of aromatic amines is 1. The van der Waals surface area contributed by atoms with Gasteiger partial charge in [-0.2, -0.15) is 0 Å². The molecule has 0 saturated carbocycles. The average Bonchev–Trinajstić information content (AvgIpc) is 3.12. The average molecular weight is 467 g/mol. The summed E-state index contributed by atoms with van der Waals surface area (Å²) in [7, 11) is 0. The molecule has 35 heavy (non-hydrogen) atoms. The number of H-pyrrole nitrogens is 1. The van der Waals surface area contributed by atoms with Crippen LogP contribution in [0.5, 0.6) is 11.5 Å². The lowest BCUT2D eigenvalue weighted by atomic mass is 10.0. The molecule has 3 N–H and O–H groups in total. The van der Waals surface area contributed by atoms with E-state index in [4.69, 9.17) is 9.72 Å². The van der Waals surface area contributed by atoms with Gasteiger partial charge >= 0.3 is 0 Å². The van der Waals surface area contributed by atoms with Gasteiger partial charge in [0.25, 0.3) is 0 Å². The van der Waals surface area contributed by atoms with Crippen LogP contribution < -0.4 is 15.0 Å². The summed E-state index contributed by atoms with van der Waals surface area (Å²) in [6.07, 6.45) is 0. The number of anilines is 2. The lowest BCUT2D eigenvalue weighted by Gasteiger charge is -2.23. The third kappa shape index (κ3) is 3.97. The second kappa shape index (κ2) is 8.47. The highest BCUT2D eigenvalue weighted by atomic mass is 16.5. The number of phenols is 1. The van der Waals surface area contributed by atoms with Crippen molar-refractivity contribution in [3.63, 3.8) is 0 Å². The van der Waals surface area contributed by atoms with Crippen molar-refractivity contribution in [3.05, 3.63) is 66.0 Å². The van der Waals surface area contributed by atoms with Crippen LogP contribution in [-0.4, -0.2) is 44.7 Å². The SMILES string of the molecule is CCNc1nc2ccc(-c3ccc4c(c3)CN(c3nc(C)nc5cc(O)ccc35)CCO4)cc2[nH]1. The van der Waals surface area contributed by atoms with E-state index in [1.54, 1.807) is 12.1 Å². The number of aromatic nitrogens is 4. The van der Waals surface area contributed by atoms with Gasteiger partial charge < -0.3 is 25.0 Å². The highest BCUT2D eigenvalue weighted by Crippen LogP contribution is 2.34. The number of fused-ring (bicyclic) bond motifs is 3. The maximum Gasteiger partial charge on any atom is 0.201 e. The quantitative estimate of drug-likeness (QED) is 0.342. The van der Waals surface area contributed by atoms with Gasteiger partial charge in [-0.1, -0.05) is 12.1 Å². The second-order valence-corrected chi connectivity index (χ2v) is 8.74. The van der Waals surface area contributed by atoms with E-state index in [1.807, 2.05) is 19.1 Å². The molecule has 0 unspecified atom stereocenters. The van der Waals surface area contributed by atoms with E-state index >= 15 is 0 Å². The molecule has 0 saturated heterocycles. The Balaban J connectivity index is 1.37. The highest BCUT2D eigenvalue weighted by molar-refractivity contribution is 5.90. The molecule has 8 heteroatoms. The molecule has 0 amide bonds. The number of aryl methyl sites for hydroxylation is 1. The first-order valence-electron chi connectivity index (χ1n) is 11.8. The van der Waals surface area contributed by atoms with E-state index in [2.05, 4.69) is 62.4 Å². The molecule has 176 valence electrons. The molecule has 0 bridgehead atoms. The van der Waals surface area contributed by atoms with Gasteiger partial charge in [0.15, 0.2) is 0 Å². The van der Waals surface area contributed by atoms with Crippen molar-refractivity contribution in [3.8, 4) is 22.6 Å². The smallest absolute Gasteiger partial charge is 0.201 e. The van der Waals surface area contributed by atoms with Crippen molar-refractivity contribution < 1.29 is 9.84 Å². The number of hydrogen-bond acceptors (Lipinski definition) is 7. The standard InChI is InChI=1S/C27H26N6O2/c1-3-28-27-31-22-8-4-18(13-24(22)32-27)17-5-9-25-19(12-17)15-33(10-11-35-25)26-21-7-6-20(34)14-23(21)29-16(2)30-26/h4-9,12-14,34H,3,10-11,15H2,1-2H3,(H2,28,31,32). The van der Waals surface area contributed by atoms with Crippen LogP contribution in [0.25, 0.3) is 33.1 Å². The van der Waals surface area contributed by atoms with E-state index in [1.165, 1.54) is 0 Å². The van der Waals surface area contributed by atoms with Crippen LogP contribution in [-0.2, 0) is 6.54 Å². The number of benzene rings is 3.